The summed E-state index contributed by atoms with van der Waals surface area (Å²) in [5.41, 5.74) is 0.215. The maximum absolute atomic E-state index is 12.3. The monoisotopic (exact) mass is 347 g/mol. The second-order valence-corrected chi connectivity index (χ2v) is 5.64. The van der Waals surface area contributed by atoms with Gasteiger partial charge in [0.2, 0.25) is 5.88 Å². The SMILES string of the molecule is COc1ncnc(N(C)C)c1NC(=O)C(=O)Nc1ccnn1C(C)C. The van der Waals surface area contributed by atoms with E-state index in [0.717, 1.165) is 0 Å². The molecule has 25 heavy (non-hydrogen) atoms. The molecule has 134 valence electrons. The minimum absolute atomic E-state index is 0.0383. The minimum Gasteiger partial charge on any atom is -0.479 e. The summed E-state index contributed by atoms with van der Waals surface area (Å²) in [4.78, 5) is 34.2. The van der Waals surface area contributed by atoms with Crippen LogP contribution in [0.1, 0.15) is 19.9 Å². The Morgan fingerprint density at radius 3 is 2.48 bits per heavy atom. The molecule has 2 aromatic heterocycles. The lowest BCUT2D eigenvalue weighted by Crippen LogP contribution is -2.31. The highest BCUT2D eigenvalue weighted by Gasteiger charge is 2.22. The molecule has 0 aromatic carbocycles. The average molecular weight is 347 g/mol. The highest BCUT2D eigenvalue weighted by atomic mass is 16.5. The summed E-state index contributed by atoms with van der Waals surface area (Å²) in [6.45, 7) is 3.83. The zero-order chi connectivity index (χ0) is 18.6. The Hall–Kier alpha value is -3.17. The van der Waals surface area contributed by atoms with Gasteiger partial charge < -0.3 is 20.3 Å². The molecule has 0 atom stereocenters. The molecule has 0 spiro atoms. The molecular formula is C15H21N7O3. The van der Waals surface area contributed by atoms with Gasteiger partial charge in [0.1, 0.15) is 17.8 Å². The molecule has 10 nitrogen and oxygen atoms in total. The van der Waals surface area contributed by atoms with Crippen LogP contribution in [0.25, 0.3) is 0 Å². The molecule has 0 radical (unpaired) electrons. The van der Waals surface area contributed by atoms with Crippen molar-refractivity contribution in [2.75, 3.05) is 36.7 Å². The summed E-state index contributed by atoms with van der Waals surface area (Å²) in [6, 6.07) is 1.65. The molecule has 0 unspecified atom stereocenters. The topological polar surface area (TPSA) is 114 Å². The molecular weight excluding hydrogens is 326 g/mol. The predicted octanol–water partition coefficient (Wildman–Crippen LogP) is 0.906. The van der Waals surface area contributed by atoms with Crippen LogP contribution in [0.4, 0.5) is 17.3 Å². The molecule has 0 saturated heterocycles. The first-order chi connectivity index (χ1) is 11.8. The number of carbonyl (C=O) groups is 2. The van der Waals surface area contributed by atoms with Gasteiger partial charge in [-0.05, 0) is 13.8 Å². The van der Waals surface area contributed by atoms with Crippen LogP contribution in [0.2, 0.25) is 0 Å². The van der Waals surface area contributed by atoms with E-state index in [1.165, 1.54) is 13.4 Å². The molecule has 0 bridgehead atoms. The summed E-state index contributed by atoms with van der Waals surface area (Å²) >= 11 is 0. The summed E-state index contributed by atoms with van der Waals surface area (Å²) in [5.74, 6) is -0.697. The van der Waals surface area contributed by atoms with Crippen LogP contribution in [0.5, 0.6) is 5.88 Å². The zero-order valence-corrected chi connectivity index (χ0v) is 14.8. The Morgan fingerprint density at radius 1 is 1.20 bits per heavy atom. The molecule has 2 N–H and O–H groups in total. The second kappa shape index (κ2) is 7.60. The normalized spacial score (nSPS) is 10.5. The maximum atomic E-state index is 12.3. The van der Waals surface area contributed by atoms with E-state index < -0.39 is 11.8 Å². The third-order valence-corrected chi connectivity index (χ3v) is 3.26. The van der Waals surface area contributed by atoms with Gasteiger partial charge in [0.15, 0.2) is 5.82 Å². The van der Waals surface area contributed by atoms with Crippen molar-refractivity contribution in [3.8, 4) is 5.88 Å². The van der Waals surface area contributed by atoms with Gasteiger partial charge in [-0.1, -0.05) is 0 Å². The van der Waals surface area contributed by atoms with Crippen molar-refractivity contribution in [2.45, 2.75) is 19.9 Å². The fourth-order valence-corrected chi connectivity index (χ4v) is 2.13. The van der Waals surface area contributed by atoms with Gasteiger partial charge in [0.25, 0.3) is 0 Å². The maximum Gasteiger partial charge on any atom is 0.315 e. The number of anilines is 3. The number of methoxy groups -OCH3 is 1. The lowest BCUT2D eigenvalue weighted by atomic mass is 10.4. The number of nitrogens with one attached hydrogen (secondary N) is 2. The lowest BCUT2D eigenvalue weighted by Gasteiger charge is -2.18. The van der Waals surface area contributed by atoms with Gasteiger partial charge >= 0.3 is 11.8 Å². The van der Waals surface area contributed by atoms with Crippen molar-refractivity contribution in [2.24, 2.45) is 0 Å². The number of nitrogens with zero attached hydrogens (tertiary/aromatic N) is 5. The Kier molecular flexibility index (Phi) is 5.52. The van der Waals surface area contributed by atoms with Gasteiger partial charge in [-0.2, -0.15) is 10.1 Å². The minimum atomic E-state index is -0.868. The summed E-state index contributed by atoms with van der Waals surface area (Å²) in [6.07, 6.45) is 2.86. The van der Waals surface area contributed by atoms with Gasteiger partial charge in [0.05, 0.1) is 13.3 Å². The Labute approximate surface area is 145 Å². The van der Waals surface area contributed by atoms with Crippen LogP contribution in [0.3, 0.4) is 0 Å². The molecule has 2 aromatic rings. The van der Waals surface area contributed by atoms with Crippen molar-refractivity contribution in [3.05, 3.63) is 18.6 Å². The molecule has 2 rings (SSSR count). The van der Waals surface area contributed by atoms with Gasteiger partial charge in [-0.25, -0.2) is 9.67 Å². The fraction of sp³-hybridized carbons (Fsp3) is 0.400. The number of amides is 2. The van der Waals surface area contributed by atoms with E-state index in [2.05, 4.69) is 25.7 Å². The third-order valence-electron chi connectivity index (χ3n) is 3.26. The lowest BCUT2D eigenvalue weighted by molar-refractivity contribution is -0.133. The summed E-state index contributed by atoms with van der Waals surface area (Å²) in [5, 5.41) is 9.13. The van der Waals surface area contributed by atoms with Crippen LogP contribution in [0.15, 0.2) is 18.6 Å². The van der Waals surface area contributed by atoms with Gasteiger partial charge in [-0.3, -0.25) is 9.59 Å². The first-order valence-electron chi connectivity index (χ1n) is 7.57. The smallest absolute Gasteiger partial charge is 0.315 e. The molecule has 0 aliphatic heterocycles. The number of carbonyl (C=O) groups excluding carboxylic acids is 2. The Bertz CT molecular complexity index is 770. The molecule has 0 saturated carbocycles. The fourth-order valence-electron chi connectivity index (χ4n) is 2.13. The number of rotatable bonds is 5. The molecule has 0 fully saturated rings. The second-order valence-electron chi connectivity index (χ2n) is 5.64. The zero-order valence-electron chi connectivity index (χ0n) is 14.8. The standard InChI is InChI=1S/C15H21N7O3/c1-9(2)22-10(6-7-18-22)19-13(23)14(24)20-11-12(21(3)4)16-8-17-15(11)25-5/h6-9H,1-5H3,(H,19,23)(H,20,24). The number of hydrogen-bond donors (Lipinski definition) is 2. The molecule has 2 heterocycles. The first-order valence-corrected chi connectivity index (χ1v) is 7.57. The number of aromatic nitrogens is 4. The Balaban J connectivity index is 2.19. The van der Waals surface area contributed by atoms with E-state index >= 15 is 0 Å². The Morgan fingerprint density at radius 2 is 1.88 bits per heavy atom. The van der Waals surface area contributed by atoms with Crippen LogP contribution >= 0.6 is 0 Å². The molecule has 0 aliphatic rings. The van der Waals surface area contributed by atoms with Crippen LogP contribution in [-0.2, 0) is 9.59 Å². The summed E-state index contributed by atoms with van der Waals surface area (Å²) in [7, 11) is 4.91. The molecule has 10 heteroatoms. The summed E-state index contributed by atoms with van der Waals surface area (Å²) < 4.78 is 6.73. The van der Waals surface area contributed by atoms with Crippen molar-refractivity contribution in [3.63, 3.8) is 0 Å². The van der Waals surface area contributed by atoms with Crippen molar-refractivity contribution >= 4 is 29.1 Å². The van der Waals surface area contributed by atoms with Gasteiger partial charge in [-0.15, -0.1) is 0 Å². The van der Waals surface area contributed by atoms with E-state index in [-0.39, 0.29) is 17.6 Å². The van der Waals surface area contributed by atoms with Crippen LogP contribution in [0, 0.1) is 0 Å². The van der Waals surface area contributed by atoms with E-state index in [9.17, 15) is 9.59 Å². The first kappa shape index (κ1) is 18.2. The third kappa shape index (κ3) is 4.03. The number of ether oxygens (including phenoxy) is 1. The van der Waals surface area contributed by atoms with Crippen LogP contribution in [-0.4, -0.2) is 52.8 Å². The number of hydrogen-bond acceptors (Lipinski definition) is 7. The van der Waals surface area contributed by atoms with Gasteiger partial charge in [0, 0.05) is 26.2 Å². The van der Waals surface area contributed by atoms with E-state index in [4.69, 9.17) is 4.74 Å². The van der Waals surface area contributed by atoms with E-state index in [1.807, 2.05) is 13.8 Å². The quantitative estimate of drug-likeness (QED) is 0.773. The van der Waals surface area contributed by atoms with E-state index in [1.54, 1.807) is 35.9 Å². The highest BCUT2D eigenvalue weighted by molar-refractivity contribution is 6.43. The van der Waals surface area contributed by atoms with Crippen molar-refractivity contribution in [1.29, 1.82) is 0 Å². The van der Waals surface area contributed by atoms with Crippen LogP contribution < -0.4 is 20.3 Å². The van der Waals surface area contributed by atoms with Crippen molar-refractivity contribution < 1.29 is 14.3 Å². The molecule has 0 aliphatic carbocycles. The average Bonchev–Trinajstić information content (AvgIpc) is 3.03. The van der Waals surface area contributed by atoms with E-state index in [0.29, 0.717) is 11.6 Å². The molecule has 2 amide bonds. The largest absolute Gasteiger partial charge is 0.479 e. The predicted molar refractivity (Wildman–Crippen MR) is 92.8 cm³/mol. The highest BCUT2D eigenvalue weighted by Crippen LogP contribution is 2.29. The van der Waals surface area contributed by atoms with Crippen molar-refractivity contribution in [1.82, 2.24) is 19.7 Å².